The van der Waals surface area contributed by atoms with E-state index in [1.165, 1.54) is 5.56 Å². The van der Waals surface area contributed by atoms with Gasteiger partial charge in [-0.1, -0.05) is 12.1 Å². The number of likely N-dealkylation sites (tertiary alicyclic amines) is 1. The minimum atomic E-state index is -0.472. The molecular weight excluding hydrogens is 376 g/mol. The Morgan fingerprint density at radius 3 is 2.67 bits per heavy atom. The molecule has 0 amide bonds. The van der Waals surface area contributed by atoms with Gasteiger partial charge in [0, 0.05) is 24.4 Å². The summed E-state index contributed by atoms with van der Waals surface area (Å²) in [6.07, 6.45) is 5.09. The fourth-order valence-electron chi connectivity index (χ4n) is 4.45. The number of ether oxygens (including phenoxy) is 2. The van der Waals surface area contributed by atoms with E-state index in [2.05, 4.69) is 35.9 Å². The van der Waals surface area contributed by atoms with Crippen molar-refractivity contribution in [2.24, 2.45) is 5.41 Å². The largest absolute Gasteiger partial charge is 0.497 e. The second-order valence-corrected chi connectivity index (χ2v) is 8.44. The molecule has 0 bridgehead atoms. The third-order valence-corrected chi connectivity index (χ3v) is 6.24. The van der Waals surface area contributed by atoms with Crippen molar-refractivity contribution in [2.75, 3.05) is 26.8 Å². The van der Waals surface area contributed by atoms with Gasteiger partial charge < -0.3 is 14.4 Å². The minimum absolute atomic E-state index is 0.0690. The Bertz CT molecular complexity index is 844. The van der Waals surface area contributed by atoms with Gasteiger partial charge in [-0.3, -0.25) is 9.78 Å². The monoisotopic (exact) mass is 410 g/mol. The van der Waals surface area contributed by atoms with Crippen molar-refractivity contribution in [3.05, 3.63) is 59.4 Å². The van der Waals surface area contributed by atoms with Crippen LogP contribution in [0.2, 0.25) is 0 Å². The molecule has 1 atom stereocenters. The summed E-state index contributed by atoms with van der Waals surface area (Å²) < 4.78 is 10.9. The van der Waals surface area contributed by atoms with E-state index < -0.39 is 5.41 Å². The van der Waals surface area contributed by atoms with Crippen LogP contribution >= 0.6 is 0 Å². The number of methoxy groups -OCH3 is 1. The van der Waals surface area contributed by atoms with E-state index >= 15 is 0 Å². The molecule has 5 heteroatoms. The van der Waals surface area contributed by atoms with Crippen molar-refractivity contribution in [2.45, 2.75) is 52.5 Å². The average Bonchev–Trinajstić information content (AvgIpc) is 2.74. The highest BCUT2D eigenvalue weighted by Crippen LogP contribution is 2.38. The van der Waals surface area contributed by atoms with Gasteiger partial charge in [-0.05, 0) is 88.5 Å². The number of carbonyl (C=O) groups is 1. The van der Waals surface area contributed by atoms with E-state index in [4.69, 9.17) is 9.47 Å². The molecule has 5 nitrogen and oxygen atoms in total. The number of aryl methyl sites for hydroxylation is 1. The highest BCUT2D eigenvalue weighted by atomic mass is 16.5. The van der Waals surface area contributed by atoms with Crippen molar-refractivity contribution < 1.29 is 14.3 Å². The summed E-state index contributed by atoms with van der Waals surface area (Å²) in [7, 11) is 1.67. The number of piperidine rings is 1. The standard InChI is InChI=1S/C25H34N2O3/c1-5-30-24(28)25(18-21-7-6-8-23(17-21)29-4)10-13-27(14-11-25)20(3)16-22-15-19(2)9-12-26-22/h6-9,12,15,17,20H,5,10-11,13-14,16,18H2,1-4H3/t20-/m0/s1. The van der Waals surface area contributed by atoms with Crippen LogP contribution in [0.4, 0.5) is 0 Å². The maximum Gasteiger partial charge on any atom is 0.312 e. The summed E-state index contributed by atoms with van der Waals surface area (Å²) in [5.74, 6) is 0.753. The first kappa shape index (κ1) is 22.3. The van der Waals surface area contributed by atoms with E-state index in [-0.39, 0.29) is 5.97 Å². The maximum absolute atomic E-state index is 13.0. The van der Waals surface area contributed by atoms with Crippen LogP contribution in [0.15, 0.2) is 42.6 Å². The summed E-state index contributed by atoms with van der Waals surface area (Å²) in [6.45, 7) is 8.42. The van der Waals surface area contributed by atoms with Crippen LogP contribution in [-0.2, 0) is 22.4 Å². The van der Waals surface area contributed by atoms with Crippen molar-refractivity contribution in [3.63, 3.8) is 0 Å². The molecule has 1 fully saturated rings. The zero-order chi connectivity index (χ0) is 21.6. The van der Waals surface area contributed by atoms with Crippen molar-refractivity contribution in [1.82, 2.24) is 9.88 Å². The maximum atomic E-state index is 13.0. The highest BCUT2D eigenvalue weighted by Gasteiger charge is 2.43. The van der Waals surface area contributed by atoms with Crippen molar-refractivity contribution >= 4 is 5.97 Å². The molecule has 1 aliphatic heterocycles. The van der Waals surface area contributed by atoms with Crippen molar-refractivity contribution in [1.29, 1.82) is 0 Å². The van der Waals surface area contributed by atoms with Gasteiger partial charge in [0.2, 0.25) is 0 Å². The first-order valence-corrected chi connectivity index (χ1v) is 10.9. The topological polar surface area (TPSA) is 51.7 Å². The number of nitrogens with zero attached hydrogens (tertiary/aromatic N) is 2. The van der Waals surface area contributed by atoms with Gasteiger partial charge in [-0.2, -0.15) is 0 Å². The zero-order valence-corrected chi connectivity index (χ0v) is 18.7. The Balaban J connectivity index is 1.70. The summed E-state index contributed by atoms with van der Waals surface area (Å²) >= 11 is 0. The van der Waals surface area contributed by atoms with E-state index in [9.17, 15) is 4.79 Å². The summed E-state index contributed by atoms with van der Waals surface area (Å²) in [4.78, 5) is 20.0. The first-order valence-electron chi connectivity index (χ1n) is 10.9. The quantitative estimate of drug-likeness (QED) is 0.610. The van der Waals surface area contributed by atoms with E-state index in [1.54, 1.807) is 7.11 Å². The molecule has 1 aromatic heterocycles. The molecule has 3 rings (SSSR count). The number of esters is 1. The molecule has 1 aromatic carbocycles. The van der Waals surface area contributed by atoms with Gasteiger partial charge in [-0.25, -0.2) is 0 Å². The summed E-state index contributed by atoms with van der Waals surface area (Å²) in [6, 6.07) is 12.6. The lowest BCUT2D eigenvalue weighted by Crippen LogP contribution is -2.49. The Labute approximate surface area is 180 Å². The average molecular weight is 411 g/mol. The zero-order valence-electron chi connectivity index (χ0n) is 18.7. The highest BCUT2D eigenvalue weighted by molar-refractivity contribution is 5.77. The van der Waals surface area contributed by atoms with E-state index in [1.807, 2.05) is 37.4 Å². The predicted molar refractivity (Wildman–Crippen MR) is 119 cm³/mol. The third-order valence-electron chi connectivity index (χ3n) is 6.24. The van der Waals surface area contributed by atoms with Crippen LogP contribution in [-0.4, -0.2) is 48.7 Å². The van der Waals surface area contributed by atoms with Crippen LogP contribution in [0.1, 0.15) is 43.5 Å². The number of carbonyl (C=O) groups excluding carboxylic acids is 1. The van der Waals surface area contributed by atoms with Crippen LogP contribution in [0.5, 0.6) is 5.75 Å². The fourth-order valence-corrected chi connectivity index (χ4v) is 4.45. The molecular formula is C25H34N2O3. The lowest BCUT2D eigenvalue weighted by molar-refractivity contribution is -0.159. The summed E-state index contributed by atoms with van der Waals surface area (Å²) in [5.41, 5.74) is 3.01. The second kappa shape index (κ2) is 10.1. The molecule has 2 heterocycles. The SMILES string of the molecule is CCOC(=O)C1(Cc2cccc(OC)c2)CCN([C@@H](C)Cc2cc(C)ccn2)CC1. The lowest BCUT2D eigenvalue weighted by atomic mass is 9.73. The van der Waals surface area contributed by atoms with Crippen LogP contribution < -0.4 is 4.74 Å². The molecule has 2 aromatic rings. The minimum Gasteiger partial charge on any atom is -0.497 e. The van der Waals surface area contributed by atoms with Gasteiger partial charge in [0.25, 0.3) is 0 Å². The van der Waals surface area contributed by atoms with Crippen molar-refractivity contribution in [3.8, 4) is 5.75 Å². The van der Waals surface area contributed by atoms with Gasteiger partial charge in [0.15, 0.2) is 0 Å². The van der Waals surface area contributed by atoms with Gasteiger partial charge in [0.1, 0.15) is 5.75 Å². The number of hydrogen-bond donors (Lipinski definition) is 0. The number of aromatic nitrogens is 1. The number of pyridine rings is 1. The molecule has 0 radical (unpaired) electrons. The Kier molecular flexibility index (Phi) is 7.48. The molecule has 162 valence electrons. The van der Waals surface area contributed by atoms with Crippen LogP contribution in [0, 0.1) is 12.3 Å². The molecule has 0 unspecified atom stereocenters. The van der Waals surface area contributed by atoms with Crippen LogP contribution in [0.3, 0.4) is 0 Å². The lowest BCUT2D eigenvalue weighted by Gasteiger charge is -2.42. The van der Waals surface area contributed by atoms with E-state index in [0.717, 1.165) is 49.4 Å². The number of benzene rings is 1. The Morgan fingerprint density at radius 2 is 2.00 bits per heavy atom. The first-order chi connectivity index (χ1) is 14.5. The van der Waals surface area contributed by atoms with Gasteiger partial charge in [-0.15, -0.1) is 0 Å². The summed E-state index contributed by atoms with van der Waals surface area (Å²) in [5, 5.41) is 0. The molecule has 1 aliphatic rings. The van der Waals surface area contributed by atoms with Gasteiger partial charge >= 0.3 is 5.97 Å². The Hall–Kier alpha value is -2.40. The molecule has 30 heavy (non-hydrogen) atoms. The number of rotatable bonds is 8. The van der Waals surface area contributed by atoms with E-state index in [0.29, 0.717) is 19.1 Å². The third kappa shape index (κ3) is 5.39. The normalized spacial score (nSPS) is 17.3. The Morgan fingerprint density at radius 1 is 1.23 bits per heavy atom. The molecule has 0 aliphatic carbocycles. The predicted octanol–water partition coefficient (Wildman–Crippen LogP) is 4.22. The molecule has 0 saturated carbocycles. The van der Waals surface area contributed by atoms with Crippen LogP contribution in [0.25, 0.3) is 0 Å². The fraction of sp³-hybridized carbons (Fsp3) is 0.520. The smallest absolute Gasteiger partial charge is 0.312 e. The second-order valence-electron chi connectivity index (χ2n) is 8.44. The number of hydrogen-bond acceptors (Lipinski definition) is 5. The van der Waals surface area contributed by atoms with Gasteiger partial charge in [0.05, 0.1) is 19.1 Å². The molecule has 0 spiro atoms. The molecule has 1 saturated heterocycles. The molecule has 0 N–H and O–H groups in total.